The first kappa shape index (κ1) is 11.6. The third-order valence-corrected chi connectivity index (χ3v) is 3.00. The van der Waals surface area contributed by atoms with Crippen molar-refractivity contribution in [3.63, 3.8) is 0 Å². The van der Waals surface area contributed by atoms with E-state index in [9.17, 15) is 13.6 Å². The van der Waals surface area contributed by atoms with Crippen LogP contribution in [0.2, 0.25) is 0 Å². The van der Waals surface area contributed by atoms with Gasteiger partial charge in [0, 0.05) is 16.9 Å². The lowest BCUT2D eigenvalue weighted by Crippen LogP contribution is -2.19. The Bertz CT molecular complexity index is 640. The zero-order chi connectivity index (χ0) is 13.4. The van der Waals surface area contributed by atoms with Gasteiger partial charge in [-0.05, 0) is 42.5 Å². The lowest BCUT2D eigenvalue weighted by molar-refractivity contribution is -0.116. The van der Waals surface area contributed by atoms with E-state index in [1.54, 1.807) is 0 Å². The molecule has 1 amide bonds. The van der Waals surface area contributed by atoms with E-state index >= 15 is 0 Å². The van der Waals surface area contributed by atoms with Crippen LogP contribution in [-0.4, -0.2) is 5.91 Å². The molecule has 5 heteroatoms. The summed E-state index contributed by atoms with van der Waals surface area (Å²) in [5.41, 5.74) is 1.74. The molecule has 19 heavy (non-hydrogen) atoms. The highest BCUT2D eigenvalue weighted by Gasteiger charge is 2.30. The molecule has 0 saturated heterocycles. The van der Waals surface area contributed by atoms with E-state index in [0.717, 1.165) is 0 Å². The van der Waals surface area contributed by atoms with Crippen molar-refractivity contribution in [3.8, 4) is 0 Å². The molecule has 0 fully saturated rings. The van der Waals surface area contributed by atoms with Crippen LogP contribution in [0.5, 0.6) is 0 Å². The van der Waals surface area contributed by atoms with Gasteiger partial charge < -0.3 is 10.6 Å². The smallest absolute Gasteiger partial charge is 0.251 e. The van der Waals surface area contributed by atoms with Crippen LogP contribution in [0.15, 0.2) is 42.5 Å². The van der Waals surface area contributed by atoms with Crippen molar-refractivity contribution in [2.24, 2.45) is 0 Å². The summed E-state index contributed by atoms with van der Waals surface area (Å²) in [5, 5.41) is 5.62. The Morgan fingerprint density at radius 2 is 1.68 bits per heavy atom. The summed E-state index contributed by atoms with van der Waals surface area (Å²) < 4.78 is 26.0. The molecular formula is C14H10F2N2O. The van der Waals surface area contributed by atoms with Gasteiger partial charge >= 0.3 is 0 Å². The predicted molar refractivity (Wildman–Crippen MR) is 67.8 cm³/mol. The van der Waals surface area contributed by atoms with Gasteiger partial charge in [0.25, 0.3) is 5.91 Å². The molecule has 0 bridgehead atoms. The summed E-state index contributed by atoms with van der Waals surface area (Å²) in [4.78, 5) is 11.8. The van der Waals surface area contributed by atoms with Crippen LogP contribution >= 0.6 is 0 Å². The summed E-state index contributed by atoms with van der Waals surface area (Å²) in [6.45, 7) is 0. The van der Waals surface area contributed by atoms with Gasteiger partial charge in [0.2, 0.25) is 0 Å². The zero-order valence-corrected chi connectivity index (χ0v) is 9.78. The van der Waals surface area contributed by atoms with Gasteiger partial charge in [-0.25, -0.2) is 8.78 Å². The number of hydrogen-bond donors (Lipinski definition) is 2. The molecule has 0 radical (unpaired) electrons. The zero-order valence-electron chi connectivity index (χ0n) is 9.78. The molecule has 2 N–H and O–H groups in total. The van der Waals surface area contributed by atoms with E-state index in [1.807, 2.05) is 0 Å². The summed E-state index contributed by atoms with van der Waals surface area (Å²) in [7, 11) is 0. The fourth-order valence-corrected chi connectivity index (χ4v) is 2.09. The Labute approximate surface area is 108 Å². The van der Waals surface area contributed by atoms with Gasteiger partial charge in [0.05, 0.1) is 0 Å². The Hall–Kier alpha value is -2.43. The second kappa shape index (κ2) is 4.35. The lowest BCUT2D eigenvalue weighted by atomic mass is 10.1. The van der Waals surface area contributed by atoms with Crippen molar-refractivity contribution in [1.29, 1.82) is 0 Å². The molecule has 0 saturated carbocycles. The number of carbonyl (C=O) groups is 1. The average molecular weight is 260 g/mol. The van der Waals surface area contributed by atoms with Crippen molar-refractivity contribution < 1.29 is 13.6 Å². The maximum absolute atomic E-state index is 13.2. The van der Waals surface area contributed by atoms with Crippen molar-refractivity contribution in [2.75, 3.05) is 10.6 Å². The molecule has 0 aromatic heterocycles. The van der Waals surface area contributed by atoms with E-state index in [2.05, 4.69) is 10.6 Å². The normalized spacial score (nSPS) is 16.9. The first-order valence-corrected chi connectivity index (χ1v) is 5.76. The number of rotatable bonds is 2. The number of anilines is 2. The molecule has 0 spiro atoms. The maximum Gasteiger partial charge on any atom is 0.251 e. The van der Waals surface area contributed by atoms with Crippen molar-refractivity contribution >= 4 is 17.3 Å². The number of hydrogen-bond acceptors (Lipinski definition) is 2. The summed E-state index contributed by atoms with van der Waals surface area (Å²) >= 11 is 0. The number of halogens is 2. The van der Waals surface area contributed by atoms with E-state index in [1.165, 1.54) is 42.5 Å². The van der Waals surface area contributed by atoms with Crippen LogP contribution in [0, 0.1) is 11.6 Å². The second-order valence-electron chi connectivity index (χ2n) is 4.31. The van der Waals surface area contributed by atoms with E-state index in [0.29, 0.717) is 16.9 Å². The van der Waals surface area contributed by atoms with E-state index < -0.39 is 11.9 Å². The molecule has 1 heterocycles. The minimum Gasteiger partial charge on any atom is -0.370 e. The van der Waals surface area contributed by atoms with Crippen LogP contribution in [0.4, 0.5) is 20.2 Å². The van der Waals surface area contributed by atoms with Gasteiger partial charge in [0.15, 0.2) is 0 Å². The number of benzene rings is 2. The molecule has 1 atom stereocenters. The fraction of sp³-hybridized carbons (Fsp3) is 0.0714. The number of fused-ring (bicyclic) bond motifs is 1. The van der Waals surface area contributed by atoms with Gasteiger partial charge in [-0.15, -0.1) is 0 Å². The minimum absolute atomic E-state index is 0.259. The Morgan fingerprint density at radius 3 is 2.42 bits per heavy atom. The summed E-state index contributed by atoms with van der Waals surface area (Å²) in [6.07, 6.45) is 0. The standard InChI is InChI=1S/C14H10F2N2O/c15-8-1-4-10(5-2-8)17-13-11-7-9(16)3-6-12(11)18-14(13)19/h1-7,13,17H,(H,18,19). The SMILES string of the molecule is O=C1Nc2ccc(F)cc2C1Nc1ccc(F)cc1. The molecule has 0 aliphatic carbocycles. The average Bonchev–Trinajstić information content (AvgIpc) is 2.69. The molecule has 1 aliphatic rings. The highest BCUT2D eigenvalue weighted by atomic mass is 19.1. The molecule has 1 aliphatic heterocycles. The lowest BCUT2D eigenvalue weighted by Gasteiger charge is -2.12. The Balaban J connectivity index is 1.91. The highest BCUT2D eigenvalue weighted by Crippen LogP contribution is 2.33. The van der Waals surface area contributed by atoms with Crippen LogP contribution in [0.25, 0.3) is 0 Å². The van der Waals surface area contributed by atoms with Gasteiger partial charge in [0.1, 0.15) is 17.7 Å². The third kappa shape index (κ3) is 2.14. The molecule has 3 rings (SSSR count). The summed E-state index contributed by atoms with van der Waals surface area (Å²) in [6, 6.07) is 9.10. The molecule has 2 aromatic carbocycles. The predicted octanol–water partition coefficient (Wildman–Crippen LogP) is 3.07. The third-order valence-electron chi connectivity index (χ3n) is 3.00. The van der Waals surface area contributed by atoms with Gasteiger partial charge in [-0.2, -0.15) is 0 Å². The molecule has 1 unspecified atom stereocenters. The van der Waals surface area contributed by atoms with Gasteiger partial charge in [-0.3, -0.25) is 4.79 Å². The number of amides is 1. The Morgan fingerprint density at radius 1 is 1.00 bits per heavy atom. The first-order valence-electron chi connectivity index (χ1n) is 5.76. The van der Waals surface area contributed by atoms with Crippen LogP contribution in [0.1, 0.15) is 11.6 Å². The molecule has 96 valence electrons. The number of carbonyl (C=O) groups excluding carboxylic acids is 1. The fourth-order valence-electron chi connectivity index (χ4n) is 2.09. The van der Waals surface area contributed by atoms with Crippen LogP contribution in [0.3, 0.4) is 0 Å². The monoisotopic (exact) mass is 260 g/mol. The van der Waals surface area contributed by atoms with E-state index in [-0.39, 0.29) is 11.7 Å². The molecule has 2 aromatic rings. The molecular weight excluding hydrogens is 250 g/mol. The van der Waals surface area contributed by atoms with E-state index in [4.69, 9.17) is 0 Å². The van der Waals surface area contributed by atoms with Gasteiger partial charge in [-0.1, -0.05) is 0 Å². The van der Waals surface area contributed by atoms with Crippen molar-refractivity contribution in [3.05, 3.63) is 59.7 Å². The van der Waals surface area contributed by atoms with Crippen molar-refractivity contribution in [1.82, 2.24) is 0 Å². The second-order valence-corrected chi connectivity index (χ2v) is 4.31. The largest absolute Gasteiger partial charge is 0.370 e. The topological polar surface area (TPSA) is 41.1 Å². The maximum atomic E-state index is 13.2. The minimum atomic E-state index is -0.670. The Kier molecular flexibility index (Phi) is 2.67. The quantitative estimate of drug-likeness (QED) is 0.871. The van der Waals surface area contributed by atoms with Crippen LogP contribution in [-0.2, 0) is 4.79 Å². The molecule has 3 nitrogen and oxygen atoms in total. The summed E-state index contributed by atoms with van der Waals surface area (Å²) in [5.74, 6) is -1.01. The highest BCUT2D eigenvalue weighted by molar-refractivity contribution is 6.04. The van der Waals surface area contributed by atoms with Crippen molar-refractivity contribution in [2.45, 2.75) is 6.04 Å². The number of nitrogens with one attached hydrogen (secondary N) is 2. The first-order chi connectivity index (χ1) is 9.13. The van der Waals surface area contributed by atoms with Crippen LogP contribution < -0.4 is 10.6 Å².